The topological polar surface area (TPSA) is 73.0 Å². The van der Waals surface area contributed by atoms with Crippen molar-refractivity contribution in [2.75, 3.05) is 56.0 Å². The van der Waals surface area contributed by atoms with E-state index in [0.29, 0.717) is 28.8 Å². The Labute approximate surface area is 198 Å². The van der Waals surface area contributed by atoms with E-state index in [9.17, 15) is 13.2 Å². The Morgan fingerprint density at radius 3 is 2.34 bits per heavy atom. The minimum atomic E-state index is -3.58. The highest BCUT2D eigenvalue weighted by Crippen LogP contribution is 2.28. The number of halogens is 2. The first-order valence-corrected chi connectivity index (χ1v) is 12.8. The average Bonchev–Trinajstić information content (AvgIpc) is 3.32. The lowest BCUT2D eigenvalue weighted by molar-refractivity contribution is -0.117. The maximum absolute atomic E-state index is 12.8. The lowest BCUT2D eigenvalue weighted by Gasteiger charge is -2.35. The van der Waals surface area contributed by atoms with Crippen molar-refractivity contribution in [3.63, 3.8) is 0 Å². The van der Waals surface area contributed by atoms with E-state index in [0.717, 1.165) is 44.7 Å². The lowest BCUT2D eigenvalue weighted by Crippen LogP contribution is -2.48. The van der Waals surface area contributed by atoms with Crippen molar-refractivity contribution in [1.29, 1.82) is 0 Å². The summed E-state index contributed by atoms with van der Waals surface area (Å²) >= 11 is 12.3. The van der Waals surface area contributed by atoms with Gasteiger partial charge in [0, 0.05) is 50.0 Å². The van der Waals surface area contributed by atoms with Crippen molar-refractivity contribution in [3.05, 3.63) is 52.5 Å². The molecule has 2 aromatic rings. The van der Waals surface area contributed by atoms with Crippen LogP contribution in [0.2, 0.25) is 10.0 Å². The maximum atomic E-state index is 12.8. The van der Waals surface area contributed by atoms with Gasteiger partial charge in [0.2, 0.25) is 15.9 Å². The molecule has 172 valence electrons. The van der Waals surface area contributed by atoms with Gasteiger partial charge in [-0.3, -0.25) is 9.69 Å². The van der Waals surface area contributed by atoms with Gasteiger partial charge in [-0.1, -0.05) is 29.3 Å². The van der Waals surface area contributed by atoms with Gasteiger partial charge in [0.15, 0.2) is 0 Å². The first-order chi connectivity index (χ1) is 15.3. The predicted octanol–water partition coefficient (Wildman–Crippen LogP) is 3.54. The van der Waals surface area contributed by atoms with E-state index in [2.05, 4.69) is 15.1 Å². The number of anilines is 2. The quantitative estimate of drug-likeness (QED) is 0.661. The fraction of sp³-hybridized carbons (Fsp3) is 0.409. The number of sulfonamides is 1. The number of rotatable bonds is 6. The van der Waals surface area contributed by atoms with Crippen LogP contribution in [0.4, 0.5) is 11.4 Å². The molecule has 10 heteroatoms. The largest absolute Gasteiger partial charge is 0.369 e. The molecule has 2 saturated heterocycles. The molecule has 1 N–H and O–H groups in total. The van der Waals surface area contributed by atoms with Gasteiger partial charge in [-0.25, -0.2) is 8.42 Å². The molecule has 4 rings (SSSR count). The van der Waals surface area contributed by atoms with Gasteiger partial charge in [0.1, 0.15) is 0 Å². The molecule has 2 aliphatic rings. The van der Waals surface area contributed by atoms with E-state index in [1.54, 1.807) is 0 Å². The van der Waals surface area contributed by atoms with Gasteiger partial charge in [-0.2, -0.15) is 4.31 Å². The summed E-state index contributed by atoms with van der Waals surface area (Å²) in [6, 6.07) is 12.2. The number of nitrogens with zero attached hydrogens (tertiary/aromatic N) is 3. The van der Waals surface area contributed by atoms with E-state index in [-0.39, 0.29) is 17.3 Å². The van der Waals surface area contributed by atoms with Gasteiger partial charge in [0.25, 0.3) is 0 Å². The summed E-state index contributed by atoms with van der Waals surface area (Å²) in [7, 11) is -3.58. The SMILES string of the molecule is O=C(CN1CCN(c2cccc(Cl)c2)CC1)Nc1cc(S(=O)(=O)N2CCCC2)ccc1Cl. The van der Waals surface area contributed by atoms with Crippen LogP contribution in [0.1, 0.15) is 12.8 Å². The van der Waals surface area contributed by atoms with Gasteiger partial charge < -0.3 is 10.2 Å². The van der Waals surface area contributed by atoms with Gasteiger partial charge in [0.05, 0.1) is 22.2 Å². The van der Waals surface area contributed by atoms with Crippen molar-refractivity contribution in [2.45, 2.75) is 17.7 Å². The molecule has 0 spiro atoms. The highest BCUT2D eigenvalue weighted by molar-refractivity contribution is 7.89. The first-order valence-electron chi connectivity index (χ1n) is 10.7. The molecular formula is C22H26Cl2N4O3S. The predicted molar refractivity (Wildman–Crippen MR) is 128 cm³/mol. The molecule has 0 bridgehead atoms. The van der Waals surface area contributed by atoms with Crippen LogP contribution in [0.5, 0.6) is 0 Å². The third-order valence-electron chi connectivity index (χ3n) is 5.83. The monoisotopic (exact) mass is 496 g/mol. The normalized spacial score (nSPS) is 18.1. The van der Waals surface area contributed by atoms with Crippen LogP contribution in [0.3, 0.4) is 0 Å². The number of carbonyl (C=O) groups is 1. The second-order valence-electron chi connectivity index (χ2n) is 8.04. The van der Waals surface area contributed by atoms with Gasteiger partial charge in [-0.05, 0) is 49.2 Å². The molecule has 0 atom stereocenters. The molecule has 7 nitrogen and oxygen atoms in total. The molecule has 32 heavy (non-hydrogen) atoms. The van der Waals surface area contributed by atoms with Crippen LogP contribution < -0.4 is 10.2 Å². The molecule has 0 aromatic heterocycles. The standard InChI is InChI=1S/C22H26Cl2N4O3S/c23-17-4-3-5-18(14-17)27-12-10-26(11-13-27)16-22(29)25-21-15-19(6-7-20(21)24)32(30,31)28-8-1-2-9-28/h3-7,14-15H,1-2,8-13,16H2,(H,25,29). The highest BCUT2D eigenvalue weighted by atomic mass is 35.5. The summed E-state index contributed by atoms with van der Waals surface area (Å²) in [6.07, 6.45) is 1.72. The zero-order valence-electron chi connectivity index (χ0n) is 17.6. The molecular weight excluding hydrogens is 471 g/mol. The van der Waals surface area contributed by atoms with E-state index < -0.39 is 10.0 Å². The minimum Gasteiger partial charge on any atom is -0.369 e. The Kier molecular flexibility index (Phi) is 7.27. The number of hydrogen-bond acceptors (Lipinski definition) is 5. The van der Waals surface area contributed by atoms with Crippen molar-refractivity contribution in [2.24, 2.45) is 0 Å². The minimum absolute atomic E-state index is 0.147. The Morgan fingerprint density at radius 2 is 1.66 bits per heavy atom. The fourth-order valence-corrected chi connectivity index (χ4v) is 5.96. The molecule has 0 radical (unpaired) electrons. The van der Waals surface area contributed by atoms with E-state index in [4.69, 9.17) is 23.2 Å². The average molecular weight is 497 g/mol. The number of benzene rings is 2. The summed E-state index contributed by atoms with van der Waals surface area (Å²) in [5.74, 6) is -0.223. The van der Waals surface area contributed by atoms with Crippen LogP contribution in [-0.2, 0) is 14.8 Å². The highest BCUT2D eigenvalue weighted by Gasteiger charge is 2.28. The molecule has 2 fully saturated rings. The summed E-state index contributed by atoms with van der Waals surface area (Å²) in [5, 5.41) is 3.80. The summed E-state index contributed by atoms with van der Waals surface area (Å²) in [4.78, 5) is 17.1. The second-order valence-corrected chi connectivity index (χ2v) is 10.8. The van der Waals surface area contributed by atoms with Gasteiger partial charge >= 0.3 is 0 Å². The van der Waals surface area contributed by atoms with Crippen LogP contribution >= 0.6 is 23.2 Å². The van der Waals surface area contributed by atoms with E-state index in [1.165, 1.54) is 22.5 Å². The van der Waals surface area contributed by atoms with E-state index in [1.807, 2.05) is 24.3 Å². The Balaban J connectivity index is 1.35. The summed E-state index contributed by atoms with van der Waals surface area (Å²) in [6.45, 7) is 4.30. The number of hydrogen-bond donors (Lipinski definition) is 1. The Bertz CT molecular complexity index is 1080. The molecule has 0 saturated carbocycles. The molecule has 0 unspecified atom stereocenters. The number of piperazine rings is 1. The van der Waals surface area contributed by atoms with Crippen molar-refractivity contribution >= 4 is 50.5 Å². The van der Waals surface area contributed by atoms with Crippen molar-refractivity contribution < 1.29 is 13.2 Å². The smallest absolute Gasteiger partial charge is 0.243 e. The number of nitrogens with one attached hydrogen (secondary N) is 1. The summed E-state index contributed by atoms with van der Waals surface area (Å²) in [5.41, 5.74) is 1.39. The zero-order valence-corrected chi connectivity index (χ0v) is 20.0. The summed E-state index contributed by atoms with van der Waals surface area (Å²) < 4.78 is 27.1. The fourth-order valence-electron chi connectivity index (χ4n) is 4.07. The van der Waals surface area contributed by atoms with Crippen LogP contribution in [0.15, 0.2) is 47.4 Å². The Morgan fingerprint density at radius 1 is 0.938 bits per heavy atom. The van der Waals surface area contributed by atoms with Crippen molar-refractivity contribution in [3.8, 4) is 0 Å². The van der Waals surface area contributed by atoms with Gasteiger partial charge in [-0.15, -0.1) is 0 Å². The molecule has 0 aliphatic carbocycles. The lowest BCUT2D eigenvalue weighted by atomic mass is 10.2. The third-order valence-corrected chi connectivity index (χ3v) is 8.29. The molecule has 2 aliphatic heterocycles. The zero-order chi connectivity index (χ0) is 22.7. The number of amides is 1. The third kappa shape index (κ3) is 5.38. The second kappa shape index (κ2) is 9.97. The van der Waals surface area contributed by atoms with E-state index >= 15 is 0 Å². The van der Waals surface area contributed by atoms with Crippen LogP contribution in [-0.4, -0.2) is 69.3 Å². The van der Waals surface area contributed by atoms with Crippen LogP contribution in [0.25, 0.3) is 0 Å². The maximum Gasteiger partial charge on any atom is 0.243 e. The first kappa shape index (κ1) is 23.3. The molecule has 2 aromatic carbocycles. The Hall–Kier alpha value is -1.84. The van der Waals surface area contributed by atoms with Crippen LogP contribution in [0, 0.1) is 0 Å². The molecule has 2 heterocycles. The van der Waals surface area contributed by atoms with Crippen molar-refractivity contribution in [1.82, 2.24) is 9.21 Å². The molecule has 1 amide bonds. The number of carbonyl (C=O) groups excluding carboxylic acids is 1.